The highest BCUT2D eigenvalue weighted by molar-refractivity contribution is 9.10. The van der Waals surface area contributed by atoms with Gasteiger partial charge < -0.3 is 10.1 Å². The van der Waals surface area contributed by atoms with Crippen molar-refractivity contribution in [3.05, 3.63) is 97.1 Å². The summed E-state index contributed by atoms with van der Waals surface area (Å²) in [6.07, 6.45) is 1.68. The average molecular weight is 550 g/mol. The Labute approximate surface area is 211 Å². The molecule has 0 aliphatic carbocycles. The van der Waals surface area contributed by atoms with E-state index in [9.17, 15) is 14.9 Å². The van der Waals surface area contributed by atoms with Crippen LogP contribution in [0.2, 0.25) is 0 Å². The Morgan fingerprint density at radius 3 is 2.77 bits per heavy atom. The molecule has 0 fully saturated rings. The summed E-state index contributed by atoms with van der Waals surface area (Å²) in [6.45, 7) is -0.0278. The standard InChI is InChI=1S/C24H16BrN5O4S/c25-17-6-2-1-5-16(17)12-26-29-21(15-9-10-22-19(11-15)27-23(31)13-34-22)14-35-24(29)28-18-7-3-4-8-20(18)30(32)33/h1-12,14H,13H2,(H,27,31). The molecule has 1 N–H and O–H groups in total. The SMILES string of the molecule is O=C1COc2ccc(-c3csc(=Nc4ccccc4[N+](=O)[O-])n3N=Cc3ccccc3Br)cc2N1. The number of nitrogens with zero attached hydrogens (tertiary/aromatic N) is 4. The van der Waals surface area contributed by atoms with Crippen LogP contribution in [0.5, 0.6) is 5.75 Å². The maximum Gasteiger partial charge on any atom is 0.294 e. The number of fused-ring (bicyclic) bond motifs is 1. The number of carbonyl (C=O) groups excluding carboxylic acids is 1. The van der Waals surface area contributed by atoms with Crippen LogP contribution in [0.1, 0.15) is 5.56 Å². The van der Waals surface area contributed by atoms with Crippen molar-refractivity contribution < 1.29 is 14.5 Å². The average Bonchev–Trinajstić information content (AvgIpc) is 3.25. The molecule has 0 spiro atoms. The number of benzene rings is 3. The van der Waals surface area contributed by atoms with Crippen LogP contribution >= 0.6 is 27.3 Å². The Morgan fingerprint density at radius 2 is 1.94 bits per heavy atom. The van der Waals surface area contributed by atoms with Gasteiger partial charge in [-0.2, -0.15) is 5.10 Å². The van der Waals surface area contributed by atoms with Gasteiger partial charge in [-0.3, -0.25) is 14.9 Å². The molecule has 35 heavy (non-hydrogen) atoms. The van der Waals surface area contributed by atoms with Crippen LogP contribution in [0.25, 0.3) is 11.3 Å². The van der Waals surface area contributed by atoms with Crippen molar-refractivity contribution in [2.45, 2.75) is 0 Å². The molecule has 1 aromatic heterocycles. The zero-order valence-corrected chi connectivity index (χ0v) is 20.3. The molecule has 1 amide bonds. The lowest BCUT2D eigenvalue weighted by Crippen LogP contribution is -2.25. The van der Waals surface area contributed by atoms with E-state index >= 15 is 0 Å². The topological polar surface area (TPSA) is 111 Å². The number of carbonyl (C=O) groups is 1. The second-order valence-corrected chi connectivity index (χ2v) is 9.08. The molecule has 0 saturated heterocycles. The number of nitrogens with one attached hydrogen (secondary N) is 1. The van der Waals surface area contributed by atoms with Gasteiger partial charge >= 0.3 is 0 Å². The lowest BCUT2D eigenvalue weighted by atomic mass is 10.1. The Kier molecular flexibility index (Phi) is 6.25. The quantitative estimate of drug-likeness (QED) is 0.206. The van der Waals surface area contributed by atoms with Gasteiger partial charge in [0.25, 0.3) is 11.6 Å². The first-order valence-corrected chi connectivity index (χ1v) is 12.0. The molecular formula is C24H16BrN5O4S. The van der Waals surface area contributed by atoms with Crippen molar-refractivity contribution >= 4 is 56.5 Å². The molecule has 1 aliphatic rings. The van der Waals surface area contributed by atoms with Crippen LogP contribution in [0.4, 0.5) is 17.1 Å². The number of anilines is 1. The van der Waals surface area contributed by atoms with Crippen LogP contribution in [0.3, 0.4) is 0 Å². The molecule has 1 aliphatic heterocycles. The number of hydrogen-bond donors (Lipinski definition) is 1. The molecule has 11 heteroatoms. The highest BCUT2D eigenvalue weighted by atomic mass is 79.9. The fourth-order valence-corrected chi connectivity index (χ4v) is 4.68. The Balaban J connectivity index is 1.67. The fourth-order valence-electron chi connectivity index (χ4n) is 3.45. The van der Waals surface area contributed by atoms with Crippen LogP contribution in [-0.2, 0) is 4.79 Å². The fraction of sp³-hybridized carbons (Fsp3) is 0.0417. The van der Waals surface area contributed by atoms with E-state index in [-0.39, 0.29) is 23.9 Å². The predicted octanol–water partition coefficient (Wildman–Crippen LogP) is 5.33. The lowest BCUT2D eigenvalue weighted by Gasteiger charge is -2.18. The molecule has 0 saturated carbocycles. The number of ether oxygens (including phenoxy) is 1. The summed E-state index contributed by atoms with van der Waals surface area (Å²) in [4.78, 5) is 27.8. The maximum atomic E-state index is 11.8. The number of thiazole rings is 1. The van der Waals surface area contributed by atoms with Gasteiger partial charge in [0.1, 0.15) is 11.4 Å². The number of nitro groups is 1. The summed E-state index contributed by atoms with van der Waals surface area (Å²) in [5.41, 5.74) is 2.99. The van der Waals surface area contributed by atoms with Gasteiger partial charge in [-0.25, -0.2) is 9.67 Å². The Morgan fingerprint density at radius 1 is 1.14 bits per heavy atom. The largest absolute Gasteiger partial charge is 0.482 e. The first-order valence-electron chi connectivity index (χ1n) is 10.3. The van der Waals surface area contributed by atoms with Crippen LogP contribution in [-0.4, -0.2) is 28.3 Å². The number of halogens is 1. The van der Waals surface area contributed by atoms with E-state index in [0.717, 1.165) is 15.6 Å². The minimum atomic E-state index is -0.464. The number of para-hydroxylation sites is 2. The molecule has 174 valence electrons. The number of aromatic nitrogens is 1. The van der Waals surface area contributed by atoms with Crippen molar-refractivity contribution in [2.75, 3.05) is 11.9 Å². The normalized spacial score (nSPS) is 13.4. The number of rotatable bonds is 5. The van der Waals surface area contributed by atoms with Gasteiger partial charge in [0.15, 0.2) is 6.61 Å². The molecular weight excluding hydrogens is 534 g/mol. The molecule has 9 nitrogen and oxygen atoms in total. The molecule has 5 rings (SSSR count). The molecule has 2 heterocycles. The highest BCUT2D eigenvalue weighted by Gasteiger charge is 2.18. The van der Waals surface area contributed by atoms with Crippen LogP contribution < -0.4 is 14.9 Å². The van der Waals surface area contributed by atoms with Crippen LogP contribution in [0, 0.1) is 10.1 Å². The van der Waals surface area contributed by atoms with Gasteiger partial charge in [0, 0.05) is 27.0 Å². The molecule has 0 bridgehead atoms. The Hall–Kier alpha value is -4.09. The third kappa shape index (κ3) is 4.77. The van der Waals surface area contributed by atoms with Crippen molar-refractivity contribution in [3.63, 3.8) is 0 Å². The summed E-state index contributed by atoms with van der Waals surface area (Å²) < 4.78 is 7.95. The summed E-state index contributed by atoms with van der Waals surface area (Å²) in [7, 11) is 0. The molecule has 4 aromatic rings. The number of hydrogen-bond acceptors (Lipinski definition) is 7. The second kappa shape index (κ2) is 9.65. The van der Waals surface area contributed by atoms with E-state index in [1.807, 2.05) is 35.7 Å². The smallest absolute Gasteiger partial charge is 0.294 e. The van der Waals surface area contributed by atoms with Crippen LogP contribution in [0.15, 0.2) is 86.7 Å². The Bertz CT molecular complexity index is 1560. The first-order chi connectivity index (χ1) is 17.0. The van der Waals surface area contributed by atoms with E-state index in [1.54, 1.807) is 41.2 Å². The third-order valence-corrected chi connectivity index (χ3v) is 6.64. The lowest BCUT2D eigenvalue weighted by molar-refractivity contribution is -0.384. The highest BCUT2D eigenvalue weighted by Crippen LogP contribution is 2.33. The molecule has 0 atom stereocenters. The van der Waals surface area contributed by atoms with Crippen molar-refractivity contribution in [1.29, 1.82) is 0 Å². The van der Waals surface area contributed by atoms with E-state index in [2.05, 4.69) is 31.3 Å². The summed E-state index contributed by atoms with van der Waals surface area (Å²) >= 11 is 4.81. The van der Waals surface area contributed by atoms with Crippen molar-refractivity contribution in [2.24, 2.45) is 10.1 Å². The zero-order chi connectivity index (χ0) is 24.4. The summed E-state index contributed by atoms with van der Waals surface area (Å²) in [6, 6.07) is 19.4. The van der Waals surface area contributed by atoms with Crippen molar-refractivity contribution in [3.8, 4) is 17.0 Å². The minimum Gasteiger partial charge on any atom is -0.482 e. The number of amides is 1. The van der Waals surface area contributed by atoms with Gasteiger partial charge in [0.05, 0.1) is 22.5 Å². The number of nitro benzene ring substituents is 1. The van der Waals surface area contributed by atoms with E-state index in [0.29, 0.717) is 21.9 Å². The third-order valence-electron chi connectivity index (χ3n) is 5.11. The molecule has 0 radical (unpaired) electrons. The first kappa shape index (κ1) is 22.7. The van der Waals surface area contributed by atoms with Gasteiger partial charge in [-0.1, -0.05) is 46.3 Å². The van der Waals surface area contributed by atoms with E-state index in [1.165, 1.54) is 17.4 Å². The van der Waals surface area contributed by atoms with E-state index in [4.69, 9.17) is 4.74 Å². The van der Waals surface area contributed by atoms with Gasteiger partial charge in [-0.15, -0.1) is 11.3 Å². The molecule has 0 unspecified atom stereocenters. The zero-order valence-electron chi connectivity index (χ0n) is 17.9. The van der Waals surface area contributed by atoms with Gasteiger partial charge in [-0.05, 0) is 30.3 Å². The summed E-state index contributed by atoms with van der Waals surface area (Å²) in [5, 5.41) is 20.8. The van der Waals surface area contributed by atoms with Crippen molar-refractivity contribution in [1.82, 2.24) is 4.68 Å². The maximum absolute atomic E-state index is 11.8. The summed E-state index contributed by atoms with van der Waals surface area (Å²) in [5.74, 6) is 0.350. The van der Waals surface area contributed by atoms with Gasteiger partial charge in [0.2, 0.25) is 4.80 Å². The second-order valence-electron chi connectivity index (χ2n) is 7.39. The van der Waals surface area contributed by atoms with E-state index < -0.39 is 4.92 Å². The monoisotopic (exact) mass is 549 g/mol. The predicted molar refractivity (Wildman–Crippen MR) is 137 cm³/mol. The molecule has 3 aromatic carbocycles. The minimum absolute atomic E-state index is 0.0278.